The number of nitrogens with zero attached hydrogens (tertiary/aromatic N) is 3. The van der Waals surface area contributed by atoms with E-state index in [9.17, 15) is 13.2 Å². The van der Waals surface area contributed by atoms with Gasteiger partial charge in [-0.3, -0.25) is 9.48 Å². The monoisotopic (exact) mass is 287 g/mol. The van der Waals surface area contributed by atoms with Crippen LogP contribution in [0.2, 0.25) is 0 Å². The first-order chi connectivity index (χ1) is 8.84. The maximum absolute atomic E-state index is 12.5. The molecule has 2 rings (SSSR count). The van der Waals surface area contributed by atoms with Gasteiger partial charge in [0.05, 0.1) is 12.1 Å². The van der Waals surface area contributed by atoms with Crippen molar-refractivity contribution in [1.29, 1.82) is 0 Å². The van der Waals surface area contributed by atoms with Crippen LogP contribution in [0, 0.1) is 12.8 Å². The molecule has 0 atom stereocenters. The largest absolute Gasteiger partial charge is 0.481 e. The van der Waals surface area contributed by atoms with Gasteiger partial charge in [0.15, 0.2) is 5.03 Å². The lowest BCUT2D eigenvalue weighted by Crippen LogP contribution is -2.41. The van der Waals surface area contributed by atoms with Crippen LogP contribution >= 0.6 is 0 Å². The van der Waals surface area contributed by atoms with Gasteiger partial charge >= 0.3 is 5.97 Å². The summed E-state index contributed by atoms with van der Waals surface area (Å²) in [5.41, 5.74) is 0.600. The summed E-state index contributed by atoms with van der Waals surface area (Å²) in [6, 6.07) is 0. The molecule has 1 aromatic heterocycles. The summed E-state index contributed by atoms with van der Waals surface area (Å²) in [4.78, 5) is 10.9. The minimum Gasteiger partial charge on any atom is -0.481 e. The van der Waals surface area contributed by atoms with Gasteiger partial charge in [0.2, 0.25) is 0 Å². The molecule has 1 saturated heterocycles. The molecule has 2 heterocycles. The predicted octanol–water partition coefficient (Wildman–Crippen LogP) is 0.214. The molecular formula is C11H17N3O4S. The normalized spacial score (nSPS) is 18.6. The Labute approximate surface area is 111 Å². The molecule has 0 radical (unpaired) electrons. The zero-order chi connectivity index (χ0) is 14.2. The van der Waals surface area contributed by atoms with E-state index < -0.39 is 21.9 Å². The van der Waals surface area contributed by atoms with Crippen molar-refractivity contribution in [1.82, 2.24) is 14.1 Å². The molecule has 106 valence electrons. The van der Waals surface area contributed by atoms with Crippen molar-refractivity contribution in [2.75, 3.05) is 13.1 Å². The molecule has 0 saturated carbocycles. The van der Waals surface area contributed by atoms with Gasteiger partial charge in [-0.2, -0.15) is 9.40 Å². The third-order valence-electron chi connectivity index (χ3n) is 3.44. The fraction of sp³-hybridized carbons (Fsp3) is 0.636. The van der Waals surface area contributed by atoms with Gasteiger partial charge in [0.1, 0.15) is 0 Å². The molecule has 1 aromatic rings. The Balaban J connectivity index is 2.21. The van der Waals surface area contributed by atoms with E-state index in [1.807, 2.05) is 0 Å². The molecule has 1 fully saturated rings. The number of sulfonamides is 1. The minimum absolute atomic E-state index is 0.182. The highest BCUT2D eigenvalue weighted by atomic mass is 32.2. The number of carboxylic acid groups (broad SMARTS) is 1. The number of aliphatic carboxylic acids is 1. The predicted molar refractivity (Wildman–Crippen MR) is 67.1 cm³/mol. The maximum atomic E-state index is 12.5. The number of carbonyl (C=O) groups is 1. The smallest absolute Gasteiger partial charge is 0.306 e. The molecular weight excluding hydrogens is 270 g/mol. The summed E-state index contributed by atoms with van der Waals surface area (Å²) < 4.78 is 27.7. The van der Waals surface area contributed by atoms with Crippen molar-refractivity contribution < 1.29 is 18.3 Å². The van der Waals surface area contributed by atoms with Crippen LogP contribution in [0.3, 0.4) is 0 Å². The van der Waals surface area contributed by atoms with E-state index in [0.29, 0.717) is 18.4 Å². The lowest BCUT2D eigenvalue weighted by molar-refractivity contribution is -0.142. The van der Waals surface area contributed by atoms with Gasteiger partial charge < -0.3 is 5.11 Å². The second-order valence-electron chi connectivity index (χ2n) is 4.77. The van der Waals surface area contributed by atoms with Crippen LogP contribution in [-0.2, 0) is 21.9 Å². The van der Waals surface area contributed by atoms with Gasteiger partial charge in [-0.05, 0) is 19.8 Å². The molecule has 0 unspecified atom stereocenters. The summed E-state index contributed by atoms with van der Waals surface area (Å²) in [6.07, 6.45) is 2.22. The molecule has 0 bridgehead atoms. The lowest BCUT2D eigenvalue weighted by Gasteiger charge is -2.29. The summed E-state index contributed by atoms with van der Waals surface area (Å²) in [7, 11) is -2.00. The van der Waals surface area contributed by atoms with Crippen molar-refractivity contribution in [3.05, 3.63) is 11.8 Å². The first-order valence-electron chi connectivity index (χ1n) is 6.05. The van der Waals surface area contributed by atoms with Crippen molar-refractivity contribution in [2.45, 2.75) is 24.8 Å². The number of aromatic nitrogens is 2. The number of piperidine rings is 1. The summed E-state index contributed by atoms with van der Waals surface area (Å²) in [5.74, 6) is -1.30. The quantitative estimate of drug-likeness (QED) is 0.858. The number of rotatable bonds is 3. The lowest BCUT2D eigenvalue weighted by atomic mass is 9.99. The average Bonchev–Trinajstić information content (AvgIpc) is 2.69. The number of hydrogen-bond acceptors (Lipinski definition) is 4. The zero-order valence-corrected chi connectivity index (χ0v) is 11.7. The first kappa shape index (κ1) is 14.0. The van der Waals surface area contributed by atoms with Crippen molar-refractivity contribution in [3.8, 4) is 0 Å². The van der Waals surface area contributed by atoms with E-state index in [2.05, 4.69) is 5.10 Å². The molecule has 0 spiro atoms. The van der Waals surface area contributed by atoms with E-state index in [0.717, 1.165) is 0 Å². The fourth-order valence-electron chi connectivity index (χ4n) is 2.37. The van der Waals surface area contributed by atoms with Crippen LogP contribution in [-0.4, -0.2) is 46.7 Å². The second kappa shape index (κ2) is 4.93. The van der Waals surface area contributed by atoms with Crippen molar-refractivity contribution in [2.24, 2.45) is 13.0 Å². The molecule has 19 heavy (non-hydrogen) atoms. The van der Waals surface area contributed by atoms with Crippen molar-refractivity contribution in [3.63, 3.8) is 0 Å². The van der Waals surface area contributed by atoms with Crippen LogP contribution < -0.4 is 0 Å². The topological polar surface area (TPSA) is 92.5 Å². The van der Waals surface area contributed by atoms with E-state index in [1.165, 1.54) is 15.2 Å². The number of aryl methyl sites for hydroxylation is 2. The molecule has 1 aliphatic heterocycles. The fourth-order valence-corrected chi connectivity index (χ4v) is 4.15. The van der Waals surface area contributed by atoms with E-state index in [4.69, 9.17) is 5.11 Å². The van der Waals surface area contributed by atoms with Gasteiger partial charge in [0.25, 0.3) is 10.0 Å². The number of carboxylic acids is 1. The Kier molecular flexibility index (Phi) is 3.64. The molecule has 8 heteroatoms. The minimum atomic E-state index is -3.59. The zero-order valence-electron chi connectivity index (χ0n) is 10.9. The van der Waals surface area contributed by atoms with Gasteiger partial charge in [-0.15, -0.1) is 0 Å². The van der Waals surface area contributed by atoms with Crippen LogP contribution in [0.4, 0.5) is 0 Å². The molecule has 1 N–H and O–H groups in total. The van der Waals surface area contributed by atoms with Crippen molar-refractivity contribution >= 4 is 16.0 Å². The highest BCUT2D eigenvalue weighted by Crippen LogP contribution is 2.25. The van der Waals surface area contributed by atoms with Gasteiger partial charge in [0, 0.05) is 25.7 Å². The standard InChI is InChI=1S/C11H17N3O4S/c1-8-7-12-13(2)10(8)19(17,18)14-5-3-9(4-6-14)11(15)16/h7,9H,3-6H2,1-2H3,(H,15,16). The number of hydrogen-bond donors (Lipinski definition) is 1. The third-order valence-corrected chi connectivity index (χ3v) is 5.56. The molecule has 1 aliphatic rings. The Morgan fingerprint density at radius 2 is 2.00 bits per heavy atom. The third kappa shape index (κ3) is 2.50. The summed E-state index contributed by atoms with van der Waals surface area (Å²) in [6.45, 7) is 2.18. The van der Waals surface area contributed by atoms with Crippen LogP contribution in [0.1, 0.15) is 18.4 Å². The molecule has 0 aromatic carbocycles. The summed E-state index contributed by atoms with van der Waals surface area (Å²) >= 11 is 0. The maximum Gasteiger partial charge on any atom is 0.306 e. The van der Waals surface area contributed by atoms with Crippen LogP contribution in [0.15, 0.2) is 11.2 Å². The Morgan fingerprint density at radius 3 is 2.42 bits per heavy atom. The average molecular weight is 287 g/mol. The van der Waals surface area contributed by atoms with E-state index in [-0.39, 0.29) is 18.1 Å². The Bertz CT molecular complexity index is 566. The second-order valence-corrected chi connectivity index (χ2v) is 6.63. The van der Waals surface area contributed by atoms with E-state index >= 15 is 0 Å². The first-order valence-corrected chi connectivity index (χ1v) is 7.49. The SMILES string of the molecule is Cc1cnn(C)c1S(=O)(=O)N1CCC(C(=O)O)CC1. The highest BCUT2D eigenvalue weighted by Gasteiger charge is 2.34. The van der Waals surface area contributed by atoms with E-state index in [1.54, 1.807) is 14.0 Å². The van der Waals surface area contributed by atoms with Gasteiger partial charge in [-0.25, -0.2) is 8.42 Å². The van der Waals surface area contributed by atoms with Gasteiger partial charge in [-0.1, -0.05) is 0 Å². The Hall–Kier alpha value is -1.41. The molecule has 7 nitrogen and oxygen atoms in total. The summed E-state index contributed by atoms with van der Waals surface area (Å²) in [5, 5.41) is 13.0. The molecule has 0 aliphatic carbocycles. The van der Waals surface area contributed by atoms with Crippen LogP contribution in [0.25, 0.3) is 0 Å². The van der Waals surface area contributed by atoms with Crippen LogP contribution in [0.5, 0.6) is 0 Å². The molecule has 0 amide bonds. The Morgan fingerprint density at radius 1 is 1.42 bits per heavy atom. The highest BCUT2D eigenvalue weighted by molar-refractivity contribution is 7.89.